The highest BCUT2D eigenvalue weighted by Crippen LogP contribution is 2.27. The molecule has 0 saturated heterocycles. The highest BCUT2D eigenvalue weighted by molar-refractivity contribution is 5.85. The van der Waals surface area contributed by atoms with E-state index >= 15 is 0 Å². The number of nitrogens with two attached hydrogens (primary N) is 1. The molecule has 118 valence electrons. The average molecular weight is 327 g/mol. The van der Waals surface area contributed by atoms with Gasteiger partial charge in [0.25, 0.3) is 11.6 Å². The zero-order valence-corrected chi connectivity index (χ0v) is 12.7. The third kappa shape index (κ3) is 3.82. The molecule has 0 atom stereocenters. The summed E-state index contributed by atoms with van der Waals surface area (Å²) in [6.45, 7) is 0. The third-order valence-corrected chi connectivity index (χ3v) is 2.63. The lowest BCUT2D eigenvalue weighted by Crippen LogP contribution is -2.11. The van der Waals surface area contributed by atoms with Crippen LogP contribution in [0.1, 0.15) is 5.56 Å². The molecule has 0 bridgehead atoms. The lowest BCUT2D eigenvalue weighted by atomic mass is 10.2. The largest absolute Gasteiger partial charge is 0.372 e. The van der Waals surface area contributed by atoms with Gasteiger partial charge in [0.1, 0.15) is 12.0 Å². The van der Waals surface area contributed by atoms with Crippen molar-refractivity contribution in [2.45, 2.75) is 0 Å². The van der Waals surface area contributed by atoms with Crippen LogP contribution in [0.5, 0.6) is 0 Å². The van der Waals surface area contributed by atoms with Gasteiger partial charge in [-0.05, 0) is 6.07 Å². The van der Waals surface area contributed by atoms with Crippen LogP contribution in [0.3, 0.4) is 0 Å². The normalized spacial score (nSPS) is 10.3. The van der Waals surface area contributed by atoms with Gasteiger partial charge in [-0.1, -0.05) is 6.07 Å². The van der Waals surface area contributed by atoms with Gasteiger partial charge in [-0.3, -0.25) is 10.1 Å². The van der Waals surface area contributed by atoms with Crippen molar-refractivity contribution in [1.82, 2.24) is 14.9 Å². The van der Waals surface area contributed by atoms with E-state index in [4.69, 9.17) is 5.84 Å². The maximum atomic E-state index is 11.1. The molecule has 0 unspecified atom stereocenters. The Morgan fingerprint density at radius 1 is 1.50 bits per heavy atom. The molecule has 0 spiro atoms. The minimum atomic E-state index is -0.434. The Labute approximate surface area is 132 Å². The van der Waals surface area contributed by atoms with E-state index in [1.807, 2.05) is 0 Å². The summed E-state index contributed by atoms with van der Waals surface area (Å²) in [5.74, 6) is 5.75. The van der Waals surface area contributed by atoms with Crippen LogP contribution in [0.4, 0.5) is 17.3 Å². The van der Waals surface area contributed by atoms with Crippen molar-refractivity contribution in [3.63, 3.8) is 0 Å². The summed E-state index contributed by atoms with van der Waals surface area (Å²) in [6, 6.07) is 4.82. The monoisotopic (exact) mass is 326 g/mol. The Morgan fingerprint density at radius 3 is 2.77 bits per heavy atom. The molecule has 2 rings (SSSR count). The molecule has 3 N–H and O–H groups in total. The van der Waals surface area contributed by atoms with Crippen molar-refractivity contribution in [2.75, 3.05) is 30.3 Å². The molecule has 0 radical (unpaired) electrons. The molecule has 0 aliphatic rings. The van der Waals surface area contributed by atoms with Gasteiger partial charge >= 0.3 is 0 Å². The smallest absolute Gasteiger partial charge is 0.293 e. The van der Waals surface area contributed by atoms with E-state index in [1.165, 1.54) is 18.6 Å². The van der Waals surface area contributed by atoms with E-state index in [0.29, 0.717) is 11.3 Å². The van der Waals surface area contributed by atoms with Crippen molar-refractivity contribution in [3.05, 3.63) is 40.2 Å². The number of nitrogens with one attached hydrogen (secondary N) is 1. The molecule has 0 fully saturated rings. The van der Waals surface area contributed by atoms with Crippen molar-refractivity contribution >= 4 is 35.9 Å². The molecule has 0 aliphatic carbocycles. The van der Waals surface area contributed by atoms with Gasteiger partial charge in [0.05, 0.1) is 11.1 Å². The van der Waals surface area contributed by atoms with Crippen LogP contribution in [0.25, 0.3) is 0 Å². The number of nitro benzene ring substituents is 1. The highest BCUT2D eigenvalue weighted by Gasteiger charge is 2.15. The first-order valence-corrected chi connectivity index (χ1v) is 5.89. The molecule has 2 aromatic rings. The summed E-state index contributed by atoms with van der Waals surface area (Å²) in [7, 11) is 3.48. The zero-order valence-electron chi connectivity index (χ0n) is 11.9. The molecule has 22 heavy (non-hydrogen) atoms. The minimum absolute atomic E-state index is 0. The molecule has 11 heteroatoms. The number of anilines is 2. The van der Waals surface area contributed by atoms with E-state index < -0.39 is 4.92 Å². The van der Waals surface area contributed by atoms with Crippen LogP contribution in [-0.2, 0) is 0 Å². The standard InChI is InChI=1S/C11H14N8O2.ClH/c1-17(2)9-4-3-8(5-10(9)19(20)21)6-13-15-11-16-14-7-18(11)12;/h3-7H,12H2,1-2H3,(H,15,16);1H. The van der Waals surface area contributed by atoms with Gasteiger partial charge in [0.15, 0.2) is 0 Å². The first-order valence-electron chi connectivity index (χ1n) is 5.89. The number of aromatic nitrogens is 3. The lowest BCUT2D eigenvalue weighted by molar-refractivity contribution is -0.384. The molecule has 1 heterocycles. The second-order valence-corrected chi connectivity index (χ2v) is 4.33. The Hall–Kier alpha value is -2.88. The fourth-order valence-corrected chi connectivity index (χ4v) is 1.63. The molecule has 1 aromatic carbocycles. The Kier molecular flexibility index (Phi) is 5.64. The first-order chi connectivity index (χ1) is 9.99. The van der Waals surface area contributed by atoms with Gasteiger partial charge in [0.2, 0.25) is 0 Å². The Bertz CT molecular complexity index is 684. The molecular formula is C11H15ClN8O2. The third-order valence-electron chi connectivity index (χ3n) is 2.63. The van der Waals surface area contributed by atoms with Crippen LogP contribution in [0.15, 0.2) is 29.6 Å². The first kappa shape index (κ1) is 17.2. The number of nitrogen functional groups attached to an aromatic ring is 1. The summed E-state index contributed by atoms with van der Waals surface area (Å²) in [4.78, 5) is 12.3. The van der Waals surface area contributed by atoms with Crippen LogP contribution < -0.4 is 16.2 Å². The number of rotatable bonds is 5. The fourth-order valence-electron chi connectivity index (χ4n) is 1.63. The minimum Gasteiger partial charge on any atom is -0.372 e. The summed E-state index contributed by atoms with van der Waals surface area (Å²) in [5, 5.41) is 22.2. The maximum Gasteiger partial charge on any atom is 0.293 e. The molecule has 1 aromatic heterocycles. The van der Waals surface area contributed by atoms with E-state index in [0.717, 1.165) is 4.68 Å². The van der Waals surface area contributed by atoms with Gasteiger partial charge < -0.3 is 10.7 Å². The van der Waals surface area contributed by atoms with Crippen LogP contribution in [0, 0.1) is 10.1 Å². The SMILES string of the molecule is CN(C)c1ccc(C=NNc2nncn2N)cc1[N+](=O)[O-].Cl. The number of halogens is 1. The molecule has 0 saturated carbocycles. The van der Waals surface area contributed by atoms with E-state index in [9.17, 15) is 10.1 Å². The molecular weight excluding hydrogens is 312 g/mol. The summed E-state index contributed by atoms with van der Waals surface area (Å²) in [6.07, 6.45) is 2.75. The Morgan fingerprint density at radius 2 is 2.23 bits per heavy atom. The number of nitro groups is 1. The van der Waals surface area contributed by atoms with Crippen molar-refractivity contribution in [3.8, 4) is 0 Å². The van der Waals surface area contributed by atoms with Gasteiger partial charge in [-0.15, -0.1) is 22.6 Å². The van der Waals surface area contributed by atoms with E-state index in [1.54, 1.807) is 31.1 Å². The number of benzene rings is 1. The number of hydrazone groups is 1. The second kappa shape index (κ2) is 7.22. The van der Waals surface area contributed by atoms with E-state index in [-0.39, 0.29) is 24.0 Å². The molecule has 10 nitrogen and oxygen atoms in total. The highest BCUT2D eigenvalue weighted by atomic mass is 35.5. The number of hydrogen-bond donors (Lipinski definition) is 2. The Balaban J connectivity index is 0.00000242. The number of nitrogens with zero attached hydrogens (tertiary/aromatic N) is 6. The van der Waals surface area contributed by atoms with Crippen LogP contribution in [-0.4, -0.2) is 40.1 Å². The zero-order chi connectivity index (χ0) is 15.4. The molecule has 0 amide bonds. The van der Waals surface area contributed by atoms with Crippen molar-refractivity contribution in [1.29, 1.82) is 0 Å². The predicted octanol–water partition coefficient (Wildman–Crippen LogP) is 0.834. The lowest BCUT2D eigenvalue weighted by Gasteiger charge is -2.12. The van der Waals surface area contributed by atoms with Gasteiger partial charge in [0, 0.05) is 25.7 Å². The number of hydrogen-bond acceptors (Lipinski definition) is 8. The molecule has 0 aliphatic heterocycles. The topological polar surface area (TPSA) is 128 Å². The maximum absolute atomic E-state index is 11.1. The summed E-state index contributed by atoms with van der Waals surface area (Å²) >= 11 is 0. The second-order valence-electron chi connectivity index (χ2n) is 4.33. The van der Waals surface area contributed by atoms with Gasteiger partial charge in [-0.25, -0.2) is 10.1 Å². The quantitative estimate of drug-likeness (QED) is 0.360. The van der Waals surface area contributed by atoms with Crippen LogP contribution >= 0.6 is 12.4 Å². The van der Waals surface area contributed by atoms with Gasteiger partial charge in [-0.2, -0.15) is 5.10 Å². The summed E-state index contributed by atoms with van der Waals surface area (Å²) < 4.78 is 1.16. The van der Waals surface area contributed by atoms with E-state index in [2.05, 4.69) is 20.7 Å². The van der Waals surface area contributed by atoms with Crippen molar-refractivity contribution < 1.29 is 4.92 Å². The predicted molar refractivity (Wildman–Crippen MR) is 86.1 cm³/mol. The van der Waals surface area contributed by atoms with Crippen molar-refractivity contribution in [2.24, 2.45) is 5.10 Å². The van der Waals surface area contributed by atoms with Crippen LogP contribution in [0.2, 0.25) is 0 Å². The summed E-state index contributed by atoms with van der Waals surface area (Å²) in [5.41, 5.74) is 3.68. The average Bonchev–Trinajstić information content (AvgIpc) is 2.84. The fraction of sp³-hybridized carbons (Fsp3) is 0.182.